The maximum absolute atomic E-state index is 4.75. The molecule has 0 bridgehead atoms. The second-order valence-electron chi connectivity index (χ2n) is 8.21. The van der Waals surface area contributed by atoms with Crippen molar-refractivity contribution in [2.24, 2.45) is 34.6 Å². The molecule has 0 heterocycles. The van der Waals surface area contributed by atoms with Gasteiger partial charge in [-0.2, -0.15) is 0 Å². The van der Waals surface area contributed by atoms with Crippen molar-refractivity contribution in [3.63, 3.8) is 0 Å². The van der Waals surface area contributed by atoms with E-state index in [-0.39, 0.29) is 0 Å². The highest BCUT2D eigenvalue weighted by atomic mass is 14.7. The summed E-state index contributed by atoms with van der Waals surface area (Å²) in [4.78, 5) is 4.75. The molecule has 1 heteroatoms. The van der Waals surface area contributed by atoms with Gasteiger partial charge in [0.05, 0.1) is 0 Å². The standard InChI is InChI=1S/C22H41N/c1-11-17(6)14-23-21(10)22(12-15(2)3)19(8)13-18(7)20(9)16(4)5/h14-18,20H,8,11-13H2,1-7,9-10H3/b22-21-,23-14?. The van der Waals surface area contributed by atoms with E-state index in [2.05, 4.69) is 75.1 Å². The number of rotatable bonds is 10. The van der Waals surface area contributed by atoms with E-state index >= 15 is 0 Å². The van der Waals surface area contributed by atoms with E-state index in [0.29, 0.717) is 17.8 Å². The first-order chi connectivity index (χ1) is 10.6. The lowest BCUT2D eigenvalue weighted by Crippen LogP contribution is -2.15. The lowest BCUT2D eigenvalue weighted by Gasteiger charge is -2.25. The molecule has 0 aromatic heterocycles. The SMILES string of the molecule is C=C(CC(C)C(C)C(C)C)/C(CC(C)C)=C(/C)N=CC(C)CC. The summed E-state index contributed by atoms with van der Waals surface area (Å²) in [6, 6.07) is 0. The van der Waals surface area contributed by atoms with Gasteiger partial charge in [-0.05, 0) is 66.9 Å². The molecule has 0 N–H and O–H groups in total. The average molecular weight is 320 g/mol. The van der Waals surface area contributed by atoms with Crippen LogP contribution in [0.4, 0.5) is 0 Å². The summed E-state index contributed by atoms with van der Waals surface area (Å²) in [5, 5.41) is 0. The third-order valence-corrected chi connectivity index (χ3v) is 5.16. The second kappa shape index (κ2) is 10.8. The Morgan fingerprint density at radius 3 is 2.00 bits per heavy atom. The van der Waals surface area contributed by atoms with Crippen LogP contribution in [0.3, 0.4) is 0 Å². The van der Waals surface area contributed by atoms with Crippen LogP contribution in [0.15, 0.2) is 28.4 Å². The van der Waals surface area contributed by atoms with Crippen LogP contribution in [0, 0.1) is 29.6 Å². The Kier molecular flexibility index (Phi) is 10.4. The molecule has 3 unspecified atom stereocenters. The Morgan fingerprint density at radius 1 is 1.00 bits per heavy atom. The molecule has 0 saturated carbocycles. The molecule has 0 spiro atoms. The van der Waals surface area contributed by atoms with Gasteiger partial charge in [0.1, 0.15) is 0 Å². The summed E-state index contributed by atoms with van der Waals surface area (Å²) in [5.74, 6) is 3.28. The van der Waals surface area contributed by atoms with Crippen molar-refractivity contribution >= 4 is 6.21 Å². The molecule has 0 saturated heterocycles. The Labute approximate surface area is 146 Å². The van der Waals surface area contributed by atoms with Crippen LogP contribution in [0.2, 0.25) is 0 Å². The number of nitrogens with zero attached hydrogens (tertiary/aromatic N) is 1. The van der Waals surface area contributed by atoms with E-state index in [1.54, 1.807) is 0 Å². The monoisotopic (exact) mass is 319 g/mol. The van der Waals surface area contributed by atoms with Crippen LogP contribution in [-0.2, 0) is 0 Å². The molecule has 0 aliphatic rings. The van der Waals surface area contributed by atoms with Gasteiger partial charge in [-0.15, -0.1) is 0 Å². The van der Waals surface area contributed by atoms with Gasteiger partial charge in [-0.1, -0.05) is 62.0 Å². The van der Waals surface area contributed by atoms with Gasteiger partial charge in [0.2, 0.25) is 0 Å². The summed E-state index contributed by atoms with van der Waals surface area (Å²) in [5.41, 5.74) is 3.83. The van der Waals surface area contributed by atoms with Crippen molar-refractivity contribution in [2.45, 2.75) is 81.6 Å². The quantitative estimate of drug-likeness (QED) is 0.296. The van der Waals surface area contributed by atoms with Crippen LogP contribution < -0.4 is 0 Å². The van der Waals surface area contributed by atoms with E-state index in [1.807, 2.05) is 0 Å². The molecule has 0 fully saturated rings. The molecular formula is C22H41N. The van der Waals surface area contributed by atoms with Gasteiger partial charge in [0, 0.05) is 11.9 Å². The van der Waals surface area contributed by atoms with Crippen LogP contribution in [0.5, 0.6) is 0 Å². The molecule has 0 aromatic carbocycles. The largest absolute Gasteiger partial charge is 0.265 e. The maximum Gasteiger partial charge on any atom is 0.0403 e. The van der Waals surface area contributed by atoms with Crippen molar-refractivity contribution < 1.29 is 0 Å². The molecule has 3 atom stereocenters. The lowest BCUT2D eigenvalue weighted by atomic mass is 9.80. The zero-order valence-corrected chi connectivity index (χ0v) is 17.2. The first kappa shape index (κ1) is 22.1. The summed E-state index contributed by atoms with van der Waals surface area (Å²) in [6.45, 7) is 24.9. The van der Waals surface area contributed by atoms with Crippen molar-refractivity contribution in [2.75, 3.05) is 0 Å². The Morgan fingerprint density at radius 2 is 1.57 bits per heavy atom. The van der Waals surface area contributed by atoms with Crippen LogP contribution in [-0.4, -0.2) is 6.21 Å². The van der Waals surface area contributed by atoms with Gasteiger partial charge < -0.3 is 0 Å². The van der Waals surface area contributed by atoms with Gasteiger partial charge in [-0.25, -0.2) is 0 Å². The molecule has 0 aromatic rings. The molecule has 0 aliphatic carbocycles. The van der Waals surface area contributed by atoms with Crippen molar-refractivity contribution in [1.29, 1.82) is 0 Å². The molecule has 0 aliphatic heterocycles. The first-order valence-corrected chi connectivity index (χ1v) is 9.52. The minimum absolute atomic E-state index is 0.540. The molecule has 1 nitrogen and oxygen atoms in total. The number of allylic oxidation sites excluding steroid dienone is 3. The highest BCUT2D eigenvalue weighted by Crippen LogP contribution is 2.31. The number of hydrogen-bond acceptors (Lipinski definition) is 1. The smallest absolute Gasteiger partial charge is 0.0403 e. The normalized spacial score (nSPS) is 17.5. The third-order valence-electron chi connectivity index (χ3n) is 5.16. The Hall–Kier alpha value is -0.850. The Bertz CT molecular complexity index is 412. The average Bonchev–Trinajstić information content (AvgIpc) is 2.48. The lowest BCUT2D eigenvalue weighted by molar-refractivity contribution is 0.295. The fourth-order valence-electron chi connectivity index (χ4n) is 2.73. The van der Waals surface area contributed by atoms with E-state index in [0.717, 1.165) is 36.8 Å². The van der Waals surface area contributed by atoms with E-state index in [1.165, 1.54) is 11.1 Å². The minimum atomic E-state index is 0.540. The van der Waals surface area contributed by atoms with Crippen LogP contribution in [0.1, 0.15) is 81.6 Å². The first-order valence-electron chi connectivity index (χ1n) is 9.52. The highest BCUT2D eigenvalue weighted by molar-refractivity contribution is 5.62. The van der Waals surface area contributed by atoms with Gasteiger partial charge in [-0.3, -0.25) is 4.99 Å². The van der Waals surface area contributed by atoms with Crippen molar-refractivity contribution in [3.05, 3.63) is 23.4 Å². The zero-order chi connectivity index (χ0) is 18.2. The van der Waals surface area contributed by atoms with E-state index in [9.17, 15) is 0 Å². The number of hydrogen-bond donors (Lipinski definition) is 0. The van der Waals surface area contributed by atoms with Crippen LogP contribution in [0.25, 0.3) is 0 Å². The minimum Gasteiger partial charge on any atom is -0.265 e. The zero-order valence-electron chi connectivity index (χ0n) is 17.2. The fraction of sp³-hybridized carbons (Fsp3) is 0.773. The fourth-order valence-corrected chi connectivity index (χ4v) is 2.73. The molecule has 0 rings (SSSR count). The van der Waals surface area contributed by atoms with E-state index in [4.69, 9.17) is 4.99 Å². The second-order valence-corrected chi connectivity index (χ2v) is 8.21. The molecular weight excluding hydrogens is 278 g/mol. The van der Waals surface area contributed by atoms with Gasteiger partial charge in [0.15, 0.2) is 0 Å². The van der Waals surface area contributed by atoms with Crippen molar-refractivity contribution in [1.82, 2.24) is 0 Å². The highest BCUT2D eigenvalue weighted by Gasteiger charge is 2.19. The number of aliphatic imine (C=N–C) groups is 1. The summed E-state index contributed by atoms with van der Waals surface area (Å²) >= 11 is 0. The topological polar surface area (TPSA) is 12.4 Å². The van der Waals surface area contributed by atoms with Gasteiger partial charge >= 0.3 is 0 Å². The molecule has 0 radical (unpaired) electrons. The maximum atomic E-state index is 4.75. The predicted octanol–water partition coefficient (Wildman–Crippen LogP) is 7.30. The van der Waals surface area contributed by atoms with Crippen LogP contribution >= 0.6 is 0 Å². The molecule has 23 heavy (non-hydrogen) atoms. The van der Waals surface area contributed by atoms with E-state index < -0.39 is 0 Å². The molecule has 0 amide bonds. The van der Waals surface area contributed by atoms with Crippen molar-refractivity contribution in [3.8, 4) is 0 Å². The summed E-state index contributed by atoms with van der Waals surface area (Å²) < 4.78 is 0. The predicted molar refractivity (Wildman–Crippen MR) is 107 cm³/mol. The summed E-state index contributed by atoms with van der Waals surface area (Å²) in [6.07, 6.45) is 5.40. The third kappa shape index (κ3) is 8.53. The molecule has 134 valence electrons. The Balaban J connectivity index is 5.23. The summed E-state index contributed by atoms with van der Waals surface area (Å²) in [7, 11) is 0. The van der Waals surface area contributed by atoms with Gasteiger partial charge in [0.25, 0.3) is 0 Å².